The molecule has 1 fully saturated rings. The number of morpholine rings is 1. The second-order valence-electron chi connectivity index (χ2n) is 5.42. The van der Waals surface area contributed by atoms with Crippen LogP contribution in [0.15, 0.2) is 27.5 Å². The van der Waals surface area contributed by atoms with Gasteiger partial charge in [0, 0.05) is 19.6 Å². The molecule has 3 rings (SSSR count). The molecule has 0 radical (unpaired) electrons. The van der Waals surface area contributed by atoms with E-state index in [-0.39, 0.29) is 11.1 Å². The molecule has 0 bridgehead atoms. The predicted molar refractivity (Wildman–Crippen MR) is 86.9 cm³/mol. The largest absolute Gasteiger partial charge is 0.465 e. The van der Waals surface area contributed by atoms with Gasteiger partial charge in [-0.25, -0.2) is 5.10 Å². The maximum absolute atomic E-state index is 11.5. The van der Waals surface area contributed by atoms with Crippen molar-refractivity contribution in [3.63, 3.8) is 0 Å². The summed E-state index contributed by atoms with van der Waals surface area (Å²) in [7, 11) is 0. The zero-order valence-electron chi connectivity index (χ0n) is 12.8. The summed E-state index contributed by atoms with van der Waals surface area (Å²) in [6.45, 7) is 5.52. The number of aromatic nitrogens is 2. The Bertz CT molecular complexity index is 709. The second kappa shape index (κ2) is 7.16. The van der Waals surface area contributed by atoms with Gasteiger partial charge in [0.1, 0.15) is 16.5 Å². The number of nitrogens with one attached hydrogen (secondary N) is 2. The molecule has 1 saturated heterocycles. The van der Waals surface area contributed by atoms with Crippen molar-refractivity contribution >= 4 is 17.3 Å². The lowest BCUT2D eigenvalue weighted by Crippen LogP contribution is -2.41. The Morgan fingerprint density at radius 1 is 1.43 bits per heavy atom. The molecule has 0 spiro atoms. The molecule has 2 aromatic heterocycles. The molecule has 8 heteroatoms. The molecular formula is C15H19ClN4O3. The monoisotopic (exact) mass is 338 g/mol. The van der Waals surface area contributed by atoms with Crippen molar-refractivity contribution in [2.75, 3.05) is 38.2 Å². The van der Waals surface area contributed by atoms with Gasteiger partial charge in [0.15, 0.2) is 0 Å². The van der Waals surface area contributed by atoms with Crippen LogP contribution in [-0.4, -0.2) is 47.9 Å². The molecule has 0 aromatic carbocycles. The first kappa shape index (κ1) is 16.0. The number of H-pyrrole nitrogens is 1. The molecule has 3 heterocycles. The smallest absolute Gasteiger partial charge is 0.285 e. The van der Waals surface area contributed by atoms with Crippen LogP contribution in [0.4, 0.5) is 5.69 Å². The molecule has 124 valence electrons. The number of aryl methyl sites for hydroxylation is 1. The number of hydrogen-bond donors (Lipinski definition) is 2. The number of hydrogen-bond acceptors (Lipinski definition) is 6. The first-order valence-corrected chi connectivity index (χ1v) is 7.88. The summed E-state index contributed by atoms with van der Waals surface area (Å²) in [5.41, 5.74) is 0.102. The quantitative estimate of drug-likeness (QED) is 0.865. The van der Waals surface area contributed by atoms with Gasteiger partial charge in [0.05, 0.1) is 31.1 Å². The van der Waals surface area contributed by atoms with Crippen LogP contribution in [-0.2, 0) is 4.74 Å². The van der Waals surface area contributed by atoms with Crippen LogP contribution in [0.25, 0.3) is 0 Å². The van der Waals surface area contributed by atoms with E-state index in [4.69, 9.17) is 20.8 Å². The van der Waals surface area contributed by atoms with E-state index in [9.17, 15) is 4.79 Å². The summed E-state index contributed by atoms with van der Waals surface area (Å²) < 4.78 is 11.2. The van der Waals surface area contributed by atoms with E-state index in [2.05, 4.69) is 20.4 Å². The van der Waals surface area contributed by atoms with Crippen LogP contribution in [0.3, 0.4) is 0 Å². The lowest BCUT2D eigenvalue weighted by atomic mass is 10.1. The molecule has 0 saturated carbocycles. The van der Waals surface area contributed by atoms with Crippen molar-refractivity contribution in [3.8, 4) is 0 Å². The van der Waals surface area contributed by atoms with Crippen LogP contribution < -0.4 is 10.9 Å². The average Bonchev–Trinajstić information content (AvgIpc) is 2.99. The molecule has 0 aliphatic carbocycles. The highest BCUT2D eigenvalue weighted by Crippen LogP contribution is 2.25. The lowest BCUT2D eigenvalue weighted by molar-refractivity contribution is 0.0143. The molecule has 0 amide bonds. The summed E-state index contributed by atoms with van der Waals surface area (Å²) in [4.78, 5) is 13.8. The fourth-order valence-corrected chi connectivity index (χ4v) is 2.80. The standard InChI is InChI=1S/C15H19ClN4O3/c1-10-2-3-13(23-10)12(20-4-6-22-7-5-20)9-17-11-8-18-19-15(21)14(11)16/h2-3,8,12H,4-7,9H2,1H3,(H2,17,19,21). The van der Waals surface area contributed by atoms with Crippen molar-refractivity contribution in [2.24, 2.45) is 0 Å². The van der Waals surface area contributed by atoms with Crippen LogP contribution in [0.2, 0.25) is 5.02 Å². The zero-order valence-corrected chi connectivity index (χ0v) is 13.6. The third-order valence-electron chi connectivity index (χ3n) is 3.86. The normalized spacial score (nSPS) is 17.1. The minimum atomic E-state index is -0.409. The van der Waals surface area contributed by atoms with Crippen LogP contribution >= 0.6 is 11.6 Å². The number of halogens is 1. The molecule has 2 N–H and O–H groups in total. The summed E-state index contributed by atoms with van der Waals surface area (Å²) in [6.07, 6.45) is 1.51. The van der Waals surface area contributed by atoms with Crippen LogP contribution in [0.1, 0.15) is 17.6 Å². The van der Waals surface area contributed by atoms with Gasteiger partial charge in [0.25, 0.3) is 5.56 Å². The van der Waals surface area contributed by atoms with Gasteiger partial charge in [-0.2, -0.15) is 5.10 Å². The Hall–Kier alpha value is -1.83. The summed E-state index contributed by atoms with van der Waals surface area (Å²) in [5.74, 6) is 1.75. The number of ether oxygens (including phenoxy) is 1. The molecule has 1 atom stereocenters. The molecule has 2 aromatic rings. The zero-order chi connectivity index (χ0) is 16.2. The van der Waals surface area contributed by atoms with Gasteiger partial charge in [-0.05, 0) is 19.1 Å². The van der Waals surface area contributed by atoms with Crippen molar-refractivity contribution in [1.82, 2.24) is 15.1 Å². The third-order valence-corrected chi connectivity index (χ3v) is 4.23. The van der Waals surface area contributed by atoms with E-state index in [1.807, 2.05) is 19.1 Å². The fraction of sp³-hybridized carbons (Fsp3) is 0.467. The van der Waals surface area contributed by atoms with E-state index >= 15 is 0 Å². The molecule has 1 unspecified atom stereocenters. The number of aromatic amines is 1. The molecule has 1 aliphatic heterocycles. The molecular weight excluding hydrogens is 320 g/mol. The fourth-order valence-electron chi connectivity index (χ4n) is 2.64. The lowest BCUT2D eigenvalue weighted by Gasteiger charge is -2.33. The summed E-state index contributed by atoms with van der Waals surface area (Å²) in [6, 6.07) is 3.96. The van der Waals surface area contributed by atoms with Crippen LogP contribution in [0.5, 0.6) is 0 Å². The number of nitrogens with zero attached hydrogens (tertiary/aromatic N) is 2. The van der Waals surface area contributed by atoms with Gasteiger partial charge < -0.3 is 14.5 Å². The van der Waals surface area contributed by atoms with E-state index in [1.165, 1.54) is 6.20 Å². The Morgan fingerprint density at radius 3 is 2.91 bits per heavy atom. The van der Waals surface area contributed by atoms with Gasteiger partial charge in [-0.3, -0.25) is 9.69 Å². The predicted octanol–water partition coefficient (Wildman–Crippen LogP) is 1.81. The summed E-state index contributed by atoms with van der Waals surface area (Å²) >= 11 is 6.01. The highest BCUT2D eigenvalue weighted by Gasteiger charge is 2.25. The van der Waals surface area contributed by atoms with E-state index in [0.717, 1.165) is 24.6 Å². The van der Waals surface area contributed by atoms with Gasteiger partial charge in [-0.1, -0.05) is 11.6 Å². The van der Waals surface area contributed by atoms with E-state index in [1.54, 1.807) is 0 Å². The summed E-state index contributed by atoms with van der Waals surface area (Å²) in [5, 5.41) is 9.38. The molecule has 1 aliphatic rings. The number of anilines is 1. The SMILES string of the molecule is Cc1ccc(C(CNc2cn[nH]c(=O)c2Cl)N2CCOCC2)o1. The minimum absolute atomic E-state index is 0.0305. The average molecular weight is 339 g/mol. The maximum Gasteiger partial charge on any atom is 0.285 e. The van der Waals surface area contributed by atoms with Gasteiger partial charge >= 0.3 is 0 Å². The Balaban J connectivity index is 1.78. The Morgan fingerprint density at radius 2 is 2.22 bits per heavy atom. The van der Waals surface area contributed by atoms with Crippen molar-refractivity contribution in [3.05, 3.63) is 45.2 Å². The van der Waals surface area contributed by atoms with Crippen molar-refractivity contribution < 1.29 is 9.15 Å². The highest BCUT2D eigenvalue weighted by molar-refractivity contribution is 6.32. The van der Waals surface area contributed by atoms with E-state index < -0.39 is 5.56 Å². The first-order chi connectivity index (χ1) is 11.1. The molecule has 7 nitrogen and oxygen atoms in total. The van der Waals surface area contributed by atoms with Crippen molar-refractivity contribution in [2.45, 2.75) is 13.0 Å². The number of furan rings is 1. The van der Waals surface area contributed by atoms with Crippen LogP contribution in [0, 0.1) is 6.92 Å². The maximum atomic E-state index is 11.5. The third kappa shape index (κ3) is 3.74. The highest BCUT2D eigenvalue weighted by atomic mass is 35.5. The van der Waals surface area contributed by atoms with Gasteiger partial charge in [-0.15, -0.1) is 0 Å². The Kier molecular flexibility index (Phi) is 5.00. The van der Waals surface area contributed by atoms with Crippen molar-refractivity contribution in [1.29, 1.82) is 0 Å². The molecule has 23 heavy (non-hydrogen) atoms. The van der Waals surface area contributed by atoms with Gasteiger partial charge in [0.2, 0.25) is 0 Å². The Labute approximate surface area is 138 Å². The second-order valence-corrected chi connectivity index (χ2v) is 5.80. The first-order valence-electron chi connectivity index (χ1n) is 7.50. The van der Waals surface area contributed by atoms with E-state index in [0.29, 0.717) is 25.4 Å². The topological polar surface area (TPSA) is 83.4 Å². The number of rotatable bonds is 5. The minimum Gasteiger partial charge on any atom is -0.465 e.